The van der Waals surface area contributed by atoms with Gasteiger partial charge in [0.05, 0.1) is 6.26 Å². The van der Waals surface area contributed by atoms with E-state index in [1.165, 1.54) is 5.56 Å². The summed E-state index contributed by atoms with van der Waals surface area (Å²) in [6.45, 7) is 1.91. The van der Waals surface area contributed by atoms with Crippen molar-refractivity contribution in [1.29, 1.82) is 0 Å². The predicted octanol–water partition coefficient (Wildman–Crippen LogP) is -1.45. The van der Waals surface area contributed by atoms with Crippen molar-refractivity contribution in [3.8, 4) is 0 Å². The van der Waals surface area contributed by atoms with Gasteiger partial charge in [0, 0.05) is 5.56 Å². The molecule has 0 saturated heterocycles. The molecule has 1 heterocycles. The van der Waals surface area contributed by atoms with Gasteiger partial charge < -0.3 is 22.1 Å². The normalized spacial score (nSPS) is 9.60. The van der Waals surface area contributed by atoms with E-state index in [0.29, 0.717) is 0 Å². The zero-order chi connectivity index (χ0) is 9.64. The number of halogens is 1. The SMILES string of the molecule is [Cl-].c1ccc(C[NH2+]Cc2ccco2)cc1. The van der Waals surface area contributed by atoms with E-state index >= 15 is 0 Å². The van der Waals surface area contributed by atoms with Crippen molar-refractivity contribution in [2.75, 3.05) is 0 Å². The molecule has 0 aliphatic heterocycles. The molecule has 0 atom stereocenters. The molecule has 2 aromatic rings. The molecule has 0 spiro atoms. The molecule has 0 aliphatic carbocycles. The molecule has 0 fully saturated rings. The van der Waals surface area contributed by atoms with E-state index < -0.39 is 0 Å². The Bertz CT molecular complexity index is 358. The first-order valence-corrected chi connectivity index (χ1v) is 4.83. The first-order chi connectivity index (χ1) is 6.95. The standard InChI is InChI=1S/C12H13NO.ClH/c1-2-5-11(6-3-1)9-13-10-12-7-4-8-14-12;/h1-8,13H,9-10H2;1H. The number of nitrogens with two attached hydrogens (primary N) is 1. The number of hydrogen-bond donors (Lipinski definition) is 1. The Balaban J connectivity index is 0.00000112. The van der Waals surface area contributed by atoms with Crippen LogP contribution in [0, 0.1) is 0 Å². The van der Waals surface area contributed by atoms with Crippen LogP contribution in [0.1, 0.15) is 11.3 Å². The molecule has 0 saturated carbocycles. The Kier molecular flexibility index (Phi) is 4.95. The highest BCUT2D eigenvalue weighted by atomic mass is 35.5. The lowest BCUT2D eigenvalue weighted by atomic mass is 10.2. The summed E-state index contributed by atoms with van der Waals surface area (Å²) in [5, 5.41) is 2.23. The molecular formula is C12H14ClNO. The van der Waals surface area contributed by atoms with Gasteiger partial charge in [-0.1, -0.05) is 30.3 Å². The molecule has 80 valence electrons. The highest BCUT2D eigenvalue weighted by molar-refractivity contribution is 5.13. The molecule has 0 unspecified atom stereocenters. The number of rotatable bonds is 4. The molecular weight excluding hydrogens is 210 g/mol. The number of furan rings is 1. The summed E-state index contributed by atoms with van der Waals surface area (Å²) < 4.78 is 5.24. The molecule has 0 aliphatic rings. The average molecular weight is 224 g/mol. The third-order valence-electron chi connectivity index (χ3n) is 2.15. The quantitative estimate of drug-likeness (QED) is 0.675. The van der Waals surface area contributed by atoms with Gasteiger partial charge in [0.2, 0.25) is 0 Å². The lowest BCUT2D eigenvalue weighted by Crippen LogP contribution is -3.00. The first kappa shape index (κ1) is 11.8. The zero-order valence-corrected chi connectivity index (χ0v) is 9.15. The average Bonchev–Trinajstić information content (AvgIpc) is 2.72. The third kappa shape index (κ3) is 3.78. The summed E-state index contributed by atoms with van der Waals surface area (Å²) in [5.74, 6) is 1.03. The van der Waals surface area contributed by atoms with Crippen molar-refractivity contribution >= 4 is 0 Å². The largest absolute Gasteiger partial charge is 1.00 e. The molecule has 1 aromatic heterocycles. The number of quaternary nitrogens is 1. The minimum atomic E-state index is 0. The van der Waals surface area contributed by atoms with Crippen LogP contribution < -0.4 is 17.7 Å². The summed E-state index contributed by atoms with van der Waals surface area (Å²) in [5.41, 5.74) is 1.35. The van der Waals surface area contributed by atoms with Gasteiger partial charge in [-0.25, -0.2) is 0 Å². The van der Waals surface area contributed by atoms with Gasteiger partial charge in [-0.05, 0) is 12.1 Å². The molecule has 1 aromatic carbocycles. The minimum absolute atomic E-state index is 0. The zero-order valence-electron chi connectivity index (χ0n) is 8.40. The molecule has 0 radical (unpaired) electrons. The van der Waals surface area contributed by atoms with Crippen LogP contribution in [-0.4, -0.2) is 0 Å². The molecule has 2 nitrogen and oxygen atoms in total. The molecule has 2 rings (SSSR count). The fourth-order valence-corrected chi connectivity index (χ4v) is 1.42. The van der Waals surface area contributed by atoms with Crippen LogP contribution in [0.25, 0.3) is 0 Å². The Labute approximate surface area is 95.7 Å². The van der Waals surface area contributed by atoms with E-state index in [9.17, 15) is 0 Å². The van der Waals surface area contributed by atoms with E-state index in [1.54, 1.807) is 6.26 Å². The van der Waals surface area contributed by atoms with Gasteiger partial charge >= 0.3 is 0 Å². The molecule has 3 heteroatoms. The molecule has 0 bridgehead atoms. The van der Waals surface area contributed by atoms with E-state index in [-0.39, 0.29) is 12.4 Å². The van der Waals surface area contributed by atoms with Crippen LogP contribution >= 0.6 is 0 Å². The van der Waals surface area contributed by atoms with Crippen LogP contribution in [0.5, 0.6) is 0 Å². The van der Waals surface area contributed by atoms with Gasteiger partial charge in [-0.3, -0.25) is 0 Å². The maximum atomic E-state index is 5.24. The Hall–Kier alpha value is -1.25. The van der Waals surface area contributed by atoms with Crippen LogP contribution in [0.15, 0.2) is 53.1 Å². The Morgan fingerprint density at radius 3 is 2.40 bits per heavy atom. The van der Waals surface area contributed by atoms with Crippen LogP contribution in [0.3, 0.4) is 0 Å². The lowest BCUT2D eigenvalue weighted by molar-refractivity contribution is -0.687. The van der Waals surface area contributed by atoms with Crippen LogP contribution in [-0.2, 0) is 13.1 Å². The minimum Gasteiger partial charge on any atom is -1.00 e. The third-order valence-corrected chi connectivity index (χ3v) is 2.15. The monoisotopic (exact) mass is 223 g/mol. The molecule has 0 amide bonds. The second-order valence-corrected chi connectivity index (χ2v) is 3.26. The summed E-state index contributed by atoms with van der Waals surface area (Å²) in [4.78, 5) is 0. The van der Waals surface area contributed by atoms with Crippen molar-refractivity contribution in [3.63, 3.8) is 0 Å². The highest BCUT2D eigenvalue weighted by Crippen LogP contribution is 1.97. The summed E-state index contributed by atoms with van der Waals surface area (Å²) in [7, 11) is 0. The maximum Gasteiger partial charge on any atom is 0.157 e. The maximum absolute atomic E-state index is 5.24. The van der Waals surface area contributed by atoms with Crippen molar-refractivity contribution in [1.82, 2.24) is 0 Å². The van der Waals surface area contributed by atoms with Crippen LogP contribution in [0.2, 0.25) is 0 Å². The summed E-state index contributed by atoms with van der Waals surface area (Å²) >= 11 is 0. The molecule has 2 N–H and O–H groups in total. The van der Waals surface area contributed by atoms with Crippen molar-refractivity contribution < 1.29 is 22.1 Å². The van der Waals surface area contributed by atoms with E-state index in [2.05, 4.69) is 29.6 Å². The Morgan fingerprint density at radius 2 is 1.73 bits per heavy atom. The summed E-state index contributed by atoms with van der Waals surface area (Å²) in [6, 6.07) is 14.4. The number of benzene rings is 1. The van der Waals surface area contributed by atoms with Gasteiger partial charge in [0.25, 0.3) is 0 Å². The van der Waals surface area contributed by atoms with E-state index in [4.69, 9.17) is 4.42 Å². The lowest BCUT2D eigenvalue weighted by Gasteiger charge is -1.99. The van der Waals surface area contributed by atoms with Gasteiger partial charge in [0.1, 0.15) is 13.1 Å². The van der Waals surface area contributed by atoms with Crippen LogP contribution in [0.4, 0.5) is 0 Å². The highest BCUT2D eigenvalue weighted by Gasteiger charge is 1.98. The summed E-state index contributed by atoms with van der Waals surface area (Å²) in [6.07, 6.45) is 1.71. The van der Waals surface area contributed by atoms with Gasteiger partial charge in [0.15, 0.2) is 5.76 Å². The van der Waals surface area contributed by atoms with Gasteiger partial charge in [-0.2, -0.15) is 0 Å². The second kappa shape index (κ2) is 6.27. The van der Waals surface area contributed by atoms with E-state index in [1.807, 2.05) is 18.2 Å². The van der Waals surface area contributed by atoms with Gasteiger partial charge in [-0.15, -0.1) is 0 Å². The fraction of sp³-hybridized carbons (Fsp3) is 0.167. The number of hydrogen-bond acceptors (Lipinski definition) is 1. The van der Waals surface area contributed by atoms with Crippen molar-refractivity contribution in [2.45, 2.75) is 13.1 Å². The smallest absolute Gasteiger partial charge is 0.157 e. The predicted molar refractivity (Wildman–Crippen MR) is 54.5 cm³/mol. The fourth-order valence-electron chi connectivity index (χ4n) is 1.42. The molecule has 15 heavy (non-hydrogen) atoms. The topological polar surface area (TPSA) is 29.8 Å². The first-order valence-electron chi connectivity index (χ1n) is 4.83. The van der Waals surface area contributed by atoms with Crippen molar-refractivity contribution in [2.24, 2.45) is 0 Å². The van der Waals surface area contributed by atoms with Crippen molar-refractivity contribution in [3.05, 3.63) is 60.1 Å². The van der Waals surface area contributed by atoms with E-state index in [0.717, 1.165) is 18.8 Å². The second-order valence-electron chi connectivity index (χ2n) is 3.26. The Morgan fingerprint density at radius 1 is 0.933 bits per heavy atom.